The molecule has 1 unspecified atom stereocenters. The third-order valence-corrected chi connectivity index (χ3v) is 4.07. The van der Waals surface area contributed by atoms with Crippen LogP contribution in [0.3, 0.4) is 0 Å². The van der Waals surface area contributed by atoms with Crippen LogP contribution in [0.1, 0.15) is 23.2 Å². The van der Waals surface area contributed by atoms with Crippen LogP contribution < -0.4 is 20.1 Å². The molecule has 0 bridgehead atoms. The van der Waals surface area contributed by atoms with Crippen LogP contribution in [0.5, 0.6) is 11.5 Å². The third-order valence-electron chi connectivity index (χ3n) is 4.07. The van der Waals surface area contributed by atoms with Crippen molar-refractivity contribution in [3.05, 3.63) is 36.2 Å². The second-order valence-electron chi connectivity index (χ2n) is 5.84. The van der Waals surface area contributed by atoms with Crippen molar-refractivity contribution in [1.82, 2.24) is 15.3 Å². The lowest BCUT2D eigenvalue weighted by atomic mass is 10.2. The van der Waals surface area contributed by atoms with E-state index in [1.54, 1.807) is 26.4 Å². The monoisotopic (exact) mass is 358 g/mol. The standard InChI is InChI=1S/C18H22N4O4/c1-24-15-6-5-13(8-16(15)25-2)22-18-20-9-12(10-21-18)17(23)19-11-14-4-3-7-26-14/h5-6,8-10,14H,3-4,7,11H2,1-2H3,(H,19,23)(H,20,21,22). The zero-order chi connectivity index (χ0) is 18.4. The summed E-state index contributed by atoms with van der Waals surface area (Å²) in [6.45, 7) is 1.27. The molecular formula is C18H22N4O4. The first-order valence-corrected chi connectivity index (χ1v) is 8.40. The van der Waals surface area contributed by atoms with Crippen molar-refractivity contribution in [1.29, 1.82) is 0 Å². The lowest BCUT2D eigenvalue weighted by Gasteiger charge is -2.11. The Labute approximate surface area is 151 Å². The van der Waals surface area contributed by atoms with E-state index in [0.29, 0.717) is 29.6 Å². The zero-order valence-electron chi connectivity index (χ0n) is 14.8. The number of aromatic nitrogens is 2. The maximum Gasteiger partial charge on any atom is 0.254 e. The SMILES string of the molecule is COc1ccc(Nc2ncc(C(=O)NCC3CCCO3)cn2)cc1OC. The van der Waals surface area contributed by atoms with Gasteiger partial charge in [-0.05, 0) is 25.0 Å². The van der Waals surface area contributed by atoms with Crippen molar-refractivity contribution in [3.8, 4) is 11.5 Å². The summed E-state index contributed by atoms with van der Waals surface area (Å²) in [6, 6.07) is 5.39. The Kier molecular flexibility index (Phi) is 5.85. The predicted octanol–water partition coefficient (Wildman–Crippen LogP) is 2.15. The van der Waals surface area contributed by atoms with Crippen LogP contribution in [0.2, 0.25) is 0 Å². The van der Waals surface area contributed by atoms with Gasteiger partial charge in [0.2, 0.25) is 5.95 Å². The van der Waals surface area contributed by atoms with Crippen molar-refractivity contribution < 1.29 is 19.0 Å². The maximum absolute atomic E-state index is 12.1. The van der Waals surface area contributed by atoms with Gasteiger partial charge in [-0.1, -0.05) is 0 Å². The Morgan fingerprint density at radius 3 is 2.65 bits per heavy atom. The van der Waals surface area contributed by atoms with Crippen LogP contribution in [0.25, 0.3) is 0 Å². The second kappa shape index (κ2) is 8.48. The van der Waals surface area contributed by atoms with E-state index in [9.17, 15) is 4.79 Å². The van der Waals surface area contributed by atoms with Gasteiger partial charge < -0.3 is 24.8 Å². The molecule has 8 nitrogen and oxygen atoms in total. The summed E-state index contributed by atoms with van der Waals surface area (Å²) in [6.07, 6.45) is 5.10. The third kappa shape index (κ3) is 4.40. The number of carbonyl (C=O) groups is 1. The predicted molar refractivity (Wildman–Crippen MR) is 96.2 cm³/mol. The topological polar surface area (TPSA) is 94.6 Å². The summed E-state index contributed by atoms with van der Waals surface area (Å²) < 4.78 is 16.0. The molecule has 1 aromatic heterocycles. The average molecular weight is 358 g/mol. The number of nitrogens with zero attached hydrogens (tertiary/aromatic N) is 2. The number of ether oxygens (including phenoxy) is 3. The average Bonchev–Trinajstić information content (AvgIpc) is 3.20. The van der Waals surface area contributed by atoms with Gasteiger partial charge in [-0.25, -0.2) is 9.97 Å². The molecule has 1 fully saturated rings. The summed E-state index contributed by atoms with van der Waals surface area (Å²) in [5.74, 6) is 1.41. The van der Waals surface area contributed by atoms with E-state index in [0.717, 1.165) is 25.1 Å². The van der Waals surface area contributed by atoms with Crippen molar-refractivity contribution >= 4 is 17.5 Å². The highest BCUT2D eigenvalue weighted by Gasteiger charge is 2.17. The minimum absolute atomic E-state index is 0.103. The Morgan fingerprint density at radius 2 is 2.00 bits per heavy atom. The van der Waals surface area contributed by atoms with Crippen LogP contribution in [-0.4, -0.2) is 49.4 Å². The van der Waals surface area contributed by atoms with E-state index >= 15 is 0 Å². The number of anilines is 2. The Balaban J connectivity index is 1.59. The number of rotatable bonds is 7. The molecule has 2 aromatic rings. The highest BCUT2D eigenvalue weighted by molar-refractivity contribution is 5.93. The fourth-order valence-corrected chi connectivity index (χ4v) is 2.67. The van der Waals surface area contributed by atoms with E-state index in [4.69, 9.17) is 14.2 Å². The first-order valence-electron chi connectivity index (χ1n) is 8.40. The normalized spacial score (nSPS) is 16.2. The molecule has 0 spiro atoms. The van der Waals surface area contributed by atoms with Crippen LogP contribution >= 0.6 is 0 Å². The first kappa shape index (κ1) is 17.9. The van der Waals surface area contributed by atoms with Crippen molar-refractivity contribution in [2.75, 3.05) is 32.7 Å². The highest BCUT2D eigenvalue weighted by Crippen LogP contribution is 2.30. The number of carbonyl (C=O) groups excluding carboxylic acids is 1. The molecule has 0 aliphatic carbocycles. The second-order valence-corrected chi connectivity index (χ2v) is 5.84. The zero-order valence-corrected chi connectivity index (χ0v) is 14.8. The van der Waals surface area contributed by atoms with Crippen molar-refractivity contribution in [2.24, 2.45) is 0 Å². The molecule has 8 heteroatoms. The molecule has 1 aliphatic rings. The molecule has 2 N–H and O–H groups in total. The smallest absolute Gasteiger partial charge is 0.254 e. The number of hydrogen-bond acceptors (Lipinski definition) is 7. The fraction of sp³-hybridized carbons (Fsp3) is 0.389. The van der Waals surface area contributed by atoms with E-state index in [1.807, 2.05) is 6.07 Å². The highest BCUT2D eigenvalue weighted by atomic mass is 16.5. The Hall–Kier alpha value is -2.87. The van der Waals surface area contributed by atoms with E-state index < -0.39 is 0 Å². The van der Waals surface area contributed by atoms with Crippen LogP contribution in [0, 0.1) is 0 Å². The number of benzene rings is 1. The summed E-state index contributed by atoms with van der Waals surface area (Å²) in [5.41, 5.74) is 1.15. The summed E-state index contributed by atoms with van der Waals surface area (Å²) in [7, 11) is 3.15. The molecule has 1 amide bonds. The van der Waals surface area contributed by atoms with Gasteiger partial charge in [-0.15, -0.1) is 0 Å². The van der Waals surface area contributed by atoms with Gasteiger partial charge in [-0.2, -0.15) is 0 Å². The van der Waals surface area contributed by atoms with Gasteiger partial charge in [0.05, 0.1) is 25.9 Å². The van der Waals surface area contributed by atoms with Crippen LogP contribution in [0.15, 0.2) is 30.6 Å². The molecule has 1 atom stereocenters. The quantitative estimate of drug-likeness (QED) is 0.783. The first-order chi connectivity index (χ1) is 12.7. The van der Waals surface area contributed by atoms with Gasteiger partial charge in [0.1, 0.15) is 0 Å². The molecule has 0 radical (unpaired) electrons. The molecule has 3 rings (SSSR count). The molecule has 2 heterocycles. The van der Waals surface area contributed by atoms with E-state index in [1.165, 1.54) is 12.4 Å². The van der Waals surface area contributed by atoms with Crippen LogP contribution in [-0.2, 0) is 4.74 Å². The fourth-order valence-electron chi connectivity index (χ4n) is 2.67. The Bertz CT molecular complexity index is 745. The molecule has 26 heavy (non-hydrogen) atoms. The molecule has 0 saturated carbocycles. The number of methoxy groups -OCH3 is 2. The number of nitrogens with one attached hydrogen (secondary N) is 2. The summed E-state index contributed by atoms with van der Waals surface area (Å²) in [5, 5.41) is 5.91. The van der Waals surface area contributed by atoms with E-state index in [-0.39, 0.29) is 12.0 Å². The largest absolute Gasteiger partial charge is 0.493 e. The minimum atomic E-state index is -0.210. The van der Waals surface area contributed by atoms with Crippen LogP contribution in [0.4, 0.5) is 11.6 Å². The number of hydrogen-bond donors (Lipinski definition) is 2. The molecule has 1 aromatic carbocycles. The minimum Gasteiger partial charge on any atom is -0.493 e. The van der Waals surface area contributed by atoms with Gasteiger partial charge >= 0.3 is 0 Å². The van der Waals surface area contributed by atoms with Crippen molar-refractivity contribution in [3.63, 3.8) is 0 Å². The maximum atomic E-state index is 12.1. The number of amides is 1. The van der Waals surface area contributed by atoms with Gasteiger partial charge in [-0.3, -0.25) is 4.79 Å². The lowest BCUT2D eigenvalue weighted by molar-refractivity contribution is 0.0857. The lowest BCUT2D eigenvalue weighted by Crippen LogP contribution is -2.31. The van der Waals surface area contributed by atoms with Gasteiger partial charge in [0, 0.05) is 37.3 Å². The molecule has 1 saturated heterocycles. The van der Waals surface area contributed by atoms with Gasteiger partial charge in [0.15, 0.2) is 11.5 Å². The molecule has 1 aliphatic heterocycles. The molecule has 138 valence electrons. The Morgan fingerprint density at radius 1 is 1.23 bits per heavy atom. The van der Waals surface area contributed by atoms with Gasteiger partial charge in [0.25, 0.3) is 5.91 Å². The van der Waals surface area contributed by atoms with Crippen molar-refractivity contribution in [2.45, 2.75) is 18.9 Å². The summed E-state index contributed by atoms with van der Waals surface area (Å²) >= 11 is 0. The molecular weight excluding hydrogens is 336 g/mol. The van der Waals surface area contributed by atoms with E-state index in [2.05, 4.69) is 20.6 Å². The summed E-state index contributed by atoms with van der Waals surface area (Å²) in [4.78, 5) is 20.5.